The molecular weight excluding hydrogens is 378 g/mol. The number of ether oxygens (including phenoxy) is 2. The summed E-state index contributed by atoms with van der Waals surface area (Å²) in [5.74, 6) is -1.75. The Labute approximate surface area is 173 Å². The molecule has 2 heterocycles. The number of benzene rings is 3. The third-order valence-electron chi connectivity index (χ3n) is 5.11. The summed E-state index contributed by atoms with van der Waals surface area (Å²) in [7, 11) is 0. The van der Waals surface area contributed by atoms with Gasteiger partial charge in [-0.25, -0.2) is 4.79 Å². The van der Waals surface area contributed by atoms with Crippen molar-refractivity contribution in [3.8, 4) is 22.6 Å². The third kappa shape index (κ3) is 2.88. The van der Waals surface area contributed by atoms with Crippen molar-refractivity contribution in [2.45, 2.75) is 5.79 Å². The molecule has 1 N–H and O–H groups in total. The van der Waals surface area contributed by atoms with E-state index in [1.165, 1.54) is 0 Å². The predicted octanol–water partition coefficient (Wildman–Crippen LogP) is 5.12. The Bertz CT molecular complexity index is 1170. The Kier molecular flexibility index (Phi) is 4.21. The Morgan fingerprint density at radius 1 is 0.767 bits per heavy atom. The number of pyridine rings is 1. The predicted molar refractivity (Wildman–Crippen MR) is 112 cm³/mol. The van der Waals surface area contributed by atoms with Gasteiger partial charge in [-0.15, -0.1) is 0 Å². The summed E-state index contributed by atoms with van der Waals surface area (Å²) in [5.41, 5.74) is 3.15. The lowest BCUT2D eigenvalue weighted by Gasteiger charge is -2.28. The number of carboxylic acid groups (broad SMARTS) is 1. The molecular formula is C25H17NO4. The van der Waals surface area contributed by atoms with Crippen molar-refractivity contribution in [3.05, 3.63) is 114 Å². The SMILES string of the molecule is O=C(O)c1cc(-c2ccncc2)cc2c1OC(c1ccccc1)(c1ccccc1)O2. The van der Waals surface area contributed by atoms with Crippen molar-refractivity contribution >= 4 is 5.97 Å². The van der Waals surface area contributed by atoms with E-state index in [9.17, 15) is 9.90 Å². The molecule has 4 aromatic rings. The van der Waals surface area contributed by atoms with Gasteiger partial charge in [0.25, 0.3) is 0 Å². The van der Waals surface area contributed by atoms with Crippen molar-refractivity contribution in [1.82, 2.24) is 4.98 Å². The first kappa shape index (κ1) is 17.9. The zero-order chi connectivity index (χ0) is 20.6. The van der Waals surface area contributed by atoms with Crippen LogP contribution in [-0.4, -0.2) is 16.1 Å². The van der Waals surface area contributed by atoms with Crippen molar-refractivity contribution < 1.29 is 19.4 Å². The average Bonchev–Trinajstić information content (AvgIpc) is 3.21. The molecule has 3 aromatic carbocycles. The fourth-order valence-electron chi connectivity index (χ4n) is 3.69. The minimum atomic E-state index is -1.27. The first-order valence-electron chi connectivity index (χ1n) is 9.48. The molecule has 0 fully saturated rings. The Morgan fingerprint density at radius 3 is 1.93 bits per heavy atom. The van der Waals surface area contributed by atoms with E-state index in [0.29, 0.717) is 11.3 Å². The second-order valence-electron chi connectivity index (χ2n) is 6.94. The van der Waals surface area contributed by atoms with E-state index in [2.05, 4.69) is 4.98 Å². The van der Waals surface area contributed by atoms with Gasteiger partial charge >= 0.3 is 11.8 Å². The maximum Gasteiger partial charge on any atom is 0.339 e. The van der Waals surface area contributed by atoms with Crippen molar-refractivity contribution in [2.75, 3.05) is 0 Å². The Hall–Kier alpha value is -4.12. The molecule has 5 rings (SSSR count). The van der Waals surface area contributed by atoms with Crippen LogP contribution in [0.3, 0.4) is 0 Å². The van der Waals surface area contributed by atoms with Gasteiger partial charge < -0.3 is 14.6 Å². The first-order valence-corrected chi connectivity index (χ1v) is 9.48. The second kappa shape index (κ2) is 7.04. The van der Waals surface area contributed by atoms with Crippen LogP contribution in [0.2, 0.25) is 0 Å². The first-order chi connectivity index (χ1) is 14.7. The van der Waals surface area contributed by atoms with Crippen LogP contribution in [0, 0.1) is 0 Å². The largest absolute Gasteiger partial charge is 0.478 e. The molecule has 5 heteroatoms. The molecule has 0 amide bonds. The summed E-state index contributed by atoms with van der Waals surface area (Å²) in [6.07, 6.45) is 3.33. The molecule has 0 unspecified atom stereocenters. The van der Waals surface area contributed by atoms with Gasteiger partial charge in [-0.1, -0.05) is 60.7 Å². The number of fused-ring (bicyclic) bond motifs is 1. The van der Waals surface area contributed by atoms with Gasteiger partial charge in [-0.3, -0.25) is 4.98 Å². The molecule has 5 nitrogen and oxygen atoms in total. The summed E-state index contributed by atoms with van der Waals surface area (Å²) in [6.45, 7) is 0. The van der Waals surface area contributed by atoms with Gasteiger partial charge in [0.05, 0.1) is 0 Å². The van der Waals surface area contributed by atoms with Crippen LogP contribution in [0.5, 0.6) is 11.5 Å². The summed E-state index contributed by atoms with van der Waals surface area (Å²) >= 11 is 0. The van der Waals surface area contributed by atoms with Gasteiger partial charge in [0.2, 0.25) is 0 Å². The fourth-order valence-corrected chi connectivity index (χ4v) is 3.69. The Balaban J connectivity index is 1.71. The lowest BCUT2D eigenvalue weighted by atomic mass is 9.97. The van der Waals surface area contributed by atoms with E-state index in [0.717, 1.165) is 16.7 Å². The molecule has 30 heavy (non-hydrogen) atoms. The standard InChI is InChI=1S/C25H17NO4/c27-24(28)21-15-18(17-11-13-26-14-12-17)16-22-23(21)30-25(29-22,19-7-3-1-4-8-19)20-9-5-2-6-10-20/h1-16H,(H,27,28). The van der Waals surface area contributed by atoms with Gasteiger partial charge in [0, 0.05) is 23.5 Å². The smallest absolute Gasteiger partial charge is 0.339 e. The van der Waals surface area contributed by atoms with Crippen LogP contribution in [0.1, 0.15) is 21.5 Å². The van der Waals surface area contributed by atoms with Crippen LogP contribution >= 0.6 is 0 Å². The number of hydrogen-bond acceptors (Lipinski definition) is 4. The van der Waals surface area contributed by atoms with E-state index in [1.807, 2.05) is 78.9 Å². The number of aromatic nitrogens is 1. The third-order valence-corrected chi connectivity index (χ3v) is 5.11. The van der Waals surface area contributed by atoms with Gasteiger partial charge in [0.15, 0.2) is 11.5 Å². The normalized spacial score (nSPS) is 13.7. The van der Waals surface area contributed by atoms with Crippen molar-refractivity contribution in [2.24, 2.45) is 0 Å². The molecule has 0 atom stereocenters. The van der Waals surface area contributed by atoms with E-state index >= 15 is 0 Å². The molecule has 0 radical (unpaired) electrons. The lowest BCUT2D eigenvalue weighted by Crippen LogP contribution is -2.36. The number of carboxylic acids is 1. The highest BCUT2D eigenvalue weighted by Crippen LogP contribution is 2.50. The highest BCUT2D eigenvalue weighted by Gasteiger charge is 2.47. The zero-order valence-corrected chi connectivity index (χ0v) is 15.9. The van der Waals surface area contributed by atoms with Gasteiger partial charge in [-0.2, -0.15) is 0 Å². The van der Waals surface area contributed by atoms with E-state index in [1.54, 1.807) is 18.5 Å². The van der Waals surface area contributed by atoms with Gasteiger partial charge in [0.1, 0.15) is 5.56 Å². The lowest BCUT2D eigenvalue weighted by molar-refractivity contribution is -0.0461. The molecule has 0 saturated heterocycles. The maximum absolute atomic E-state index is 12.1. The number of hydrogen-bond donors (Lipinski definition) is 1. The number of aromatic carboxylic acids is 1. The highest BCUT2D eigenvalue weighted by atomic mass is 16.7. The fraction of sp³-hybridized carbons (Fsp3) is 0.0400. The van der Waals surface area contributed by atoms with E-state index < -0.39 is 11.8 Å². The van der Waals surface area contributed by atoms with Crippen LogP contribution in [0.4, 0.5) is 0 Å². The summed E-state index contributed by atoms with van der Waals surface area (Å²) < 4.78 is 12.8. The second-order valence-corrected chi connectivity index (χ2v) is 6.94. The quantitative estimate of drug-likeness (QED) is 0.519. The zero-order valence-electron chi connectivity index (χ0n) is 15.9. The Morgan fingerprint density at radius 2 is 1.37 bits per heavy atom. The van der Waals surface area contributed by atoms with E-state index in [4.69, 9.17) is 9.47 Å². The molecule has 0 bridgehead atoms. The van der Waals surface area contributed by atoms with Crippen LogP contribution < -0.4 is 9.47 Å². The topological polar surface area (TPSA) is 68.7 Å². The molecule has 0 aliphatic carbocycles. The number of nitrogens with zero attached hydrogens (tertiary/aromatic N) is 1. The van der Waals surface area contributed by atoms with Gasteiger partial charge in [-0.05, 0) is 35.4 Å². The minimum absolute atomic E-state index is 0.0491. The summed E-state index contributed by atoms with van der Waals surface area (Å²) in [5, 5.41) is 9.88. The van der Waals surface area contributed by atoms with Crippen molar-refractivity contribution in [3.63, 3.8) is 0 Å². The molecule has 1 aromatic heterocycles. The molecule has 1 aliphatic rings. The monoisotopic (exact) mass is 395 g/mol. The van der Waals surface area contributed by atoms with Crippen molar-refractivity contribution in [1.29, 1.82) is 0 Å². The molecule has 146 valence electrons. The maximum atomic E-state index is 12.1. The van der Waals surface area contributed by atoms with Crippen LogP contribution in [0.25, 0.3) is 11.1 Å². The molecule has 1 aliphatic heterocycles. The minimum Gasteiger partial charge on any atom is -0.478 e. The summed E-state index contributed by atoms with van der Waals surface area (Å²) in [6, 6.07) is 26.1. The summed E-state index contributed by atoms with van der Waals surface area (Å²) in [4.78, 5) is 16.1. The average molecular weight is 395 g/mol. The highest BCUT2D eigenvalue weighted by molar-refractivity contribution is 5.94. The number of rotatable bonds is 4. The van der Waals surface area contributed by atoms with Crippen LogP contribution in [-0.2, 0) is 5.79 Å². The number of carbonyl (C=O) groups is 1. The molecule has 0 saturated carbocycles. The van der Waals surface area contributed by atoms with Crippen LogP contribution in [0.15, 0.2) is 97.3 Å². The molecule has 0 spiro atoms. The van der Waals surface area contributed by atoms with E-state index in [-0.39, 0.29) is 11.3 Å².